The molecule has 1 aliphatic rings. The largest absolute Gasteiger partial charge is 0.302 e. The van der Waals surface area contributed by atoms with Gasteiger partial charge in [-0.25, -0.2) is 9.67 Å². The van der Waals surface area contributed by atoms with Crippen molar-refractivity contribution in [3.63, 3.8) is 0 Å². The number of rotatable bonds is 3. The molecule has 0 saturated carbocycles. The highest BCUT2D eigenvalue weighted by Gasteiger charge is 2.21. The molecule has 2 aromatic rings. The summed E-state index contributed by atoms with van der Waals surface area (Å²) in [7, 11) is 0. The van der Waals surface area contributed by atoms with E-state index < -0.39 is 0 Å². The Morgan fingerprint density at radius 2 is 2.37 bits per heavy atom. The van der Waals surface area contributed by atoms with Gasteiger partial charge in [-0.1, -0.05) is 0 Å². The molecule has 1 unspecified atom stereocenters. The summed E-state index contributed by atoms with van der Waals surface area (Å²) in [6.45, 7) is 1.62. The molecule has 0 radical (unpaired) electrons. The number of hydrogen-bond acceptors (Lipinski definition) is 5. The Morgan fingerprint density at radius 1 is 1.42 bits per heavy atom. The molecule has 2 aromatic heterocycles. The van der Waals surface area contributed by atoms with E-state index in [0.717, 1.165) is 30.9 Å². The van der Waals surface area contributed by atoms with Crippen molar-refractivity contribution in [3.8, 4) is 6.07 Å². The van der Waals surface area contributed by atoms with E-state index in [0.29, 0.717) is 12.1 Å². The van der Waals surface area contributed by atoms with Crippen molar-refractivity contribution in [2.75, 3.05) is 0 Å². The molecule has 6 heteroatoms. The summed E-state index contributed by atoms with van der Waals surface area (Å²) in [5.41, 5.74) is 1.51. The number of fused-ring (bicyclic) bond motifs is 1. The van der Waals surface area contributed by atoms with Crippen molar-refractivity contribution in [1.29, 1.82) is 5.26 Å². The van der Waals surface area contributed by atoms with E-state index in [1.807, 2.05) is 10.7 Å². The zero-order valence-corrected chi connectivity index (χ0v) is 10.5. The van der Waals surface area contributed by atoms with Crippen molar-refractivity contribution in [2.45, 2.75) is 32.0 Å². The van der Waals surface area contributed by atoms with E-state index in [-0.39, 0.29) is 6.04 Å². The van der Waals surface area contributed by atoms with Crippen molar-refractivity contribution < 1.29 is 0 Å². The maximum atomic E-state index is 8.72. The molecule has 0 amide bonds. The highest BCUT2D eigenvalue weighted by molar-refractivity contribution is 5.26. The quantitative estimate of drug-likeness (QED) is 0.889. The molecular formula is C13H14N6. The van der Waals surface area contributed by atoms with Crippen LogP contribution in [0, 0.1) is 11.3 Å². The molecule has 6 nitrogen and oxygen atoms in total. The molecule has 0 aromatic carbocycles. The van der Waals surface area contributed by atoms with E-state index in [1.54, 1.807) is 18.6 Å². The van der Waals surface area contributed by atoms with Crippen LogP contribution in [0.15, 0.2) is 24.7 Å². The Morgan fingerprint density at radius 3 is 3.16 bits per heavy atom. The van der Waals surface area contributed by atoms with Gasteiger partial charge in [-0.05, 0) is 25.0 Å². The van der Waals surface area contributed by atoms with Crippen LogP contribution in [-0.4, -0.2) is 19.7 Å². The summed E-state index contributed by atoms with van der Waals surface area (Å²) < 4.78 is 1.95. The van der Waals surface area contributed by atoms with Gasteiger partial charge in [0, 0.05) is 19.3 Å². The van der Waals surface area contributed by atoms with Gasteiger partial charge in [0.2, 0.25) is 0 Å². The first kappa shape index (κ1) is 11.8. The molecule has 1 atom stereocenters. The van der Waals surface area contributed by atoms with Crippen LogP contribution in [0.1, 0.15) is 36.0 Å². The molecule has 3 rings (SSSR count). The van der Waals surface area contributed by atoms with Crippen LogP contribution in [0.4, 0.5) is 0 Å². The Kier molecular flexibility index (Phi) is 3.21. The number of nitrogens with zero attached hydrogens (tertiary/aromatic N) is 5. The van der Waals surface area contributed by atoms with E-state index in [1.165, 1.54) is 0 Å². The number of aryl methyl sites for hydroxylation is 1. The third-order valence-electron chi connectivity index (χ3n) is 3.30. The number of pyridine rings is 1. The predicted octanol–water partition coefficient (Wildman–Crippen LogP) is 1.17. The number of nitriles is 1. The van der Waals surface area contributed by atoms with Gasteiger partial charge in [0.05, 0.1) is 17.3 Å². The number of aromatic nitrogens is 4. The van der Waals surface area contributed by atoms with E-state index in [4.69, 9.17) is 5.26 Å². The second-order valence-corrected chi connectivity index (χ2v) is 4.57. The van der Waals surface area contributed by atoms with Gasteiger partial charge in [-0.15, -0.1) is 0 Å². The Balaban J connectivity index is 1.66. The first-order valence-corrected chi connectivity index (χ1v) is 6.33. The third-order valence-corrected chi connectivity index (χ3v) is 3.30. The van der Waals surface area contributed by atoms with E-state index in [9.17, 15) is 0 Å². The van der Waals surface area contributed by atoms with Crippen molar-refractivity contribution in [3.05, 3.63) is 41.7 Å². The summed E-state index contributed by atoms with van der Waals surface area (Å²) >= 11 is 0. The first-order chi connectivity index (χ1) is 9.36. The molecular weight excluding hydrogens is 240 g/mol. The highest BCUT2D eigenvalue weighted by Crippen LogP contribution is 2.22. The van der Waals surface area contributed by atoms with Gasteiger partial charge in [0.15, 0.2) is 0 Å². The van der Waals surface area contributed by atoms with Crippen LogP contribution in [0.2, 0.25) is 0 Å². The van der Waals surface area contributed by atoms with Crippen molar-refractivity contribution >= 4 is 0 Å². The number of hydrogen-bond donors (Lipinski definition) is 1. The molecule has 0 aliphatic carbocycles. The topological polar surface area (TPSA) is 79.4 Å². The minimum absolute atomic E-state index is 0.230. The van der Waals surface area contributed by atoms with Gasteiger partial charge in [0.25, 0.3) is 0 Å². The van der Waals surface area contributed by atoms with Crippen LogP contribution in [0.3, 0.4) is 0 Å². The second-order valence-electron chi connectivity index (χ2n) is 4.57. The Bertz CT molecular complexity index is 594. The molecule has 0 spiro atoms. The lowest BCUT2D eigenvalue weighted by molar-refractivity contribution is 0.365. The monoisotopic (exact) mass is 254 g/mol. The molecule has 1 aliphatic heterocycles. The molecule has 0 bridgehead atoms. The van der Waals surface area contributed by atoms with E-state index >= 15 is 0 Å². The lowest BCUT2D eigenvalue weighted by atomic mass is 10.1. The lowest BCUT2D eigenvalue weighted by Crippen LogP contribution is -2.28. The van der Waals surface area contributed by atoms with Crippen LogP contribution >= 0.6 is 0 Å². The van der Waals surface area contributed by atoms with Crippen LogP contribution < -0.4 is 5.32 Å². The van der Waals surface area contributed by atoms with Gasteiger partial charge in [0.1, 0.15) is 18.2 Å². The van der Waals surface area contributed by atoms with Gasteiger partial charge >= 0.3 is 0 Å². The Hall–Kier alpha value is -2.26. The molecule has 0 fully saturated rings. The summed E-state index contributed by atoms with van der Waals surface area (Å²) in [6, 6.07) is 5.95. The number of nitrogens with one attached hydrogen (secondary N) is 1. The Labute approximate surface area is 111 Å². The average Bonchev–Trinajstić information content (AvgIpc) is 2.94. The molecule has 3 heterocycles. The first-order valence-electron chi connectivity index (χ1n) is 6.33. The summed E-state index contributed by atoms with van der Waals surface area (Å²) in [4.78, 5) is 8.55. The van der Waals surface area contributed by atoms with Gasteiger partial charge in [-0.2, -0.15) is 10.4 Å². The normalized spacial score (nSPS) is 17.7. The zero-order chi connectivity index (χ0) is 13.1. The fraction of sp³-hybridized carbons (Fsp3) is 0.385. The predicted molar refractivity (Wildman–Crippen MR) is 67.8 cm³/mol. The molecule has 1 N–H and O–H groups in total. The van der Waals surface area contributed by atoms with Crippen molar-refractivity contribution in [2.24, 2.45) is 0 Å². The maximum Gasteiger partial charge on any atom is 0.143 e. The fourth-order valence-electron chi connectivity index (χ4n) is 2.31. The standard InChI is InChI=1S/C13H14N6/c14-6-10-3-4-11(15-7-10)8-16-12-2-1-5-19-13(12)17-9-18-19/h3-4,7,9,12,16H,1-2,5,8H2. The summed E-state index contributed by atoms with van der Waals surface area (Å²) in [5, 5.41) is 16.4. The molecule has 0 saturated heterocycles. The second kappa shape index (κ2) is 5.16. The smallest absolute Gasteiger partial charge is 0.143 e. The minimum atomic E-state index is 0.230. The van der Waals surface area contributed by atoms with Crippen LogP contribution in [-0.2, 0) is 13.1 Å². The van der Waals surface area contributed by atoms with Crippen LogP contribution in [0.25, 0.3) is 0 Å². The third kappa shape index (κ3) is 2.46. The fourth-order valence-corrected chi connectivity index (χ4v) is 2.31. The van der Waals surface area contributed by atoms with Gasteiger partial charge in [-0.3, -0.25) is 4.98 Å². The van der Waals surface area contributed by atoms with Gasteiger partial charge < -0.3 is 5.32 Å². The zero-order valence-electron chi connectivity index (χ0n) is 10.5. The minimum Gasteiger partial charge on any atom is -0.302 e. The molecule has 96 valence electrons. The van der Waals surface area contributed by atoms with Crippen LogP contribution in [0.5, 0.6) is 0 Å². The maximum absolute atomic E-state index is 8.72. The SMILES string of the molecule is N#Cc1ccc(CNC2CCCn3ncnc32)nc1. The average molecular weight is 254 g/mol. The lowest BCUT2D eigenvalue weighted by Gasteiger charge is -2.23. The summed E-state index contributed by atoms with van der Waals surface area (Å²) in [5.74, 6) is 1.000. The van der Waals surface area contributed by atoms with E-state index in [2.05, 4.69) is 26.5 Å². The highest BCUT2D eigenvalue weighted by atomic mass is 15.3. The molecule has 19 heavy (non-hydrogen) atoms. The summed E-state index contributed by atoms with van der Waals surface area (Å²) in [6.07, 6.45) is 5.37. The van der Waals surface area contributed by atoms with Crippen molar-refractivity contribution in [1.82, 2.24) is 25.1 Å².